The summed E-state index contributed by atoms with van der Waals surface area (Å²) in [7, 11) is 0. The van der Waals surface area contributed by atoms with Gasteiger partial charge in [0.05, 0.1) is 33.9 Å². The number of aliphatic hydroxyl groups excluding tert-OH is 1. The van der Waals surface area contributed by atoms with Gasteiger partial charge in [-0.1, -0.05) is 43.3 Å². The molecular formula is C27H31N5O4S. The van der Waals surface area contributed by atoms with Crippen LogP contribution in [0.3, 0.4) is 0 Å². The maximum Gasteiger partial charge on any atom is 0.277 e. The molecule has 5 rings (SSSR count). The number of benzene rings is 1. The minimum atomic E-state index is -1.07. The number of carbonyl (C=O) groups is 2. The van der Waals surface area contributed by atoms with Gasteiger partial charge in [0.1, 0.15) is 23.1 Å². The summed E-state index contributed by atoms with van der Waals surface area (Å²) in [6, 6.07) is 9.04. The van der Waals surface area contributed by atoms with Crippen LogP contribution < -0.4 is 5.32 Å². The third-order valence-electron chi connectivity index (χ3n) is 7.26. The van der Waals surface area contributed by atoms with E-state index in [1.54, 1.807) is 29.2 Å². The van der Waals surface area contributed by atoms with Crippen LogP contribution in [-0.2, 0) is 15.1 Å². The number of amides is 2. The van der Waals surface area contributed by atoms with E-state index in [9.17, 15) is 14.7 Å². The third-order valence-corrected chi connectivity index (χ3v) is 8.24. The van der Waals surface area contributed by atoms with Gasteiger partial charge in [0.25, 0.3) is 5.91 Å². The molecule has 4 atom stereocenters. The molecule has 2 aliphatic heterocycles. The lowest BCUT2D eigenvalue weighted by Gasteiger charge is -2.31. The summed E-state index contributed by atoms with van der Waals surface area (Å²) in [6.45, 7) is 9.64. The van der Waals surface area contributed by atoms with Gasteiger partial charge in [0.2, 0.25) is 5.91 Å². The van der Waals surface area contributed by atoms with E-state index in [4.69, 9.17) is 4.52 Å². The van der Waals surface area contributed by atoms with Gasteiger partial charge in [0.15, 0.2) is 0 Å². The topological polar surface area (TPSA) is 121 Å². The fourth-order valence-corrected chi connectivity index (χ4v) is 6.02. The second-order valence-corrected chi connectivity index (χ2v) is 11.2. The normalized spacial score (nSPS) is 24.5. The van der Waals surface area contributed by atoms with Gasteiger partial charge >= 0.3 is 0 Å². The van der Waals surface area contributed by atoms with Gasteiger partial charge in [-0.2, -0.15) is 4.99 Å². The summed E-state index contributed by atoms with van der Waals surface area (Å²) in [6.07, 6.45) is -0.420. The first kappa shape index (κ1) is 25.3. The molecule has 1 fully saturated rings. The van der Waals surface area contributed by atoms with Crippen molar-refractivity contribution in [3.05, 3.63) is 58.6 Å². The van der Waals surface area contributed by atoms with Crippen LogP contribution in [0.4, 0.5) is 0 Å². The highest BCUT2D eigenvalue weighted by molar-refractivity contribution is 7.13. The molecule has 37 heavy (non-hydrogen) atoms. The molecule has 2 aliphatic rings. The monoisotopic (exact) mass is 521 g/mol. The molecule has 3 aromatic rings. The summed E-state index contributed by atoms with van der Waals surface area (Å²) < 4.78 is 5.44. The molecule has 9 nitrogen and oxygen atoms in total. The Kier molecular flexibility index (Phi) is 6.49. The molecular weight excluding hydrogens is 490 g/mol. The zero-order chi connectivity index (χ0) is 26.5. The van der Waals surface area contributed by atoms with Crippen LogP contribution in [0.15, 0.2) is 45.4 Å². The predicted molar refractivity (Wildman–Crippen MR) is 140 cm³/mol. The van der Waals surface area contributed by atoms with Crippen molar-refractivity contribution in [2.24, 2.45) is 10.9 Å². The van der Waals surface area contributed by atoms with E-state index >= 15 is 0 Å². The van der Waals surface area contributed by atoms with Crippen molar-refractivity contribution >= 4 is 29.0 Å². The zero-order valence-corrected chi connectivity index (χ0v) is 22.4. The van der Waals surface area contributed by atoms with Crippen molar-refractivity contribution in [2.45, 2.75) is 64.6 Å². The molecule has 1 saturated heterocycles. The van der Waals surface area contributed by atoms with Crippen molar-refractivity contribution < 1.29 is 19.2 Å². The highest BCUT2D eigenvalue weighted by atomic mass is 32.1. The zero-order valence-electron chi connectivity index (χ0n) is 21.6. The maximum absolute atomic E-state index is 13.8. The number of carbonyl (C=O) groups excluding carboxylic acids is 2. The van der Waals surface area contributed by atoms with Crippen molar-refractivity contribution in [2.75, 3.05) is 6.54 Å². The van der Waals surface area contributed by atoms with Crippen LogP contribution in [0.5, 0.6) is 0 Å². The summed E-state index contributed by atoms with van der Waals surface area (Å²) in [5, 5.41) is 17.8. The summed E-state index contributed by atoms with van der Waals surface area (Å²) >= 11 is 1.58. The van der Waals surface area contributed by atoms with Crippen LogP contribution in [0.2, 0.25) is 0 Å². The highest BCUT2D eigenvalue weighted by Gasteiger charge is 2.48. The molecule has 194 valence electrons. The molecule has 10 heteroatoms. The summed E-state index contributed by atoms with van der Waals surface area (Å²) in [4.78, 5) is 38.3. The molecule has 2 amide bonds. The average molecular weight is 522 g/mol. The molecule has 4 heterocycles. The van der Waals surface area contributed by atoms with Crippen molar-refractivity contribution in [3.8, 4) is 10.4 Å². The Balaban J connectivity index is 1.39. The van der Waals surface area contributed by atoms with Gasteiger partial charge in [-0.15, -0.1) is 11.3 Å². The van der Waals surface area contributed by atoms with Crippen molar-refractivity contribution in [1.29, 1.82) is 0 Å². The van der Waals surface area contributed by atoms with E-state index in [0.29, 0.717) is 23.7 Å². The number of aromatic nitrogens is 2. The number of β-amino-alcohol motifs (C(OH)–C–C–N with tert-alkyl or cyclic N) is 1. The lowest BCUT2D eigenvalue weighted by Crippen LogP contribution is -2.51. The number of aliphatic hydroxyl groups is 1. The van der Waals surface area contributed by atoms with E-state index < -0.39 is 23.6 Å². The second kappa shape index (κ2) is 9.50. The molecule has 0 aliphatic carbocycles. The molecule has 2 N–H and O–H groups in total. The maximum atomic E-state index is 13.8. The fraction of sp³-hybridized carbons (Fsp3) is 0.444. The van der Waals surface area contributed by atoms with Crippen LogP contribution >= 0.6 is 11.3 Å². The first-order chi connectivity index (χ1) is 17.6. The van der Waals surface area contributed by atoms with E-state index in [-0.39, 0.29) is 24.3 Å². The fourth-order valence-electron chi connectivity index (χ4n) is 5.21. The number of aliphatic imine (C=N–C) groups is 1. The van der Waals surface area contributed by atoms with Crippen LogP contribution in [0.1, 0.15) is 55.8 Å². The number of amidine groups is 1. The number of hydrogen-bond donors (Lipinski definition) is 2. The first-order valence-electron chi connectivity index (χ1n) is 12.4. The molecule has 1 aromatic carbocycles. The van der Waals surface area contributed by atoms with Gasteiger partial charge in [-0.05, 0) is 37.8 Å². The summed E-state index contributed by atoms with van der Waals surface area (Å²) in [5.74, 6) is -0.218. The number of rotatable bonds is 6. The Morgan fingerprint density at radius 2 is 2.00 bits per heavy atom. The van der Waals surface area contributed by atoms with E-state index in [2.05, 4.69) is 20.4 Å². The van der Waals surface area contributed by atoms with Crippen molar-refractivity contribution in [3.63, 3.8) is 0 Å². The van der Waals surface area contributed by atoms with Gasteiger partial charge in [0, 0.05) is 19.0 Å². The second-order valence-electron chi connectivity index (χ2n) is 10.4. The smallest absolute Gasteiger partial charge is 0.277 e. The lowest BCUT2D eigenvalue weighted by atomic mass is 9.90. The standard InChI is InChI=1S/C27H31N5O4S/c1-14(2)22(21-10-15(3)31-36-21)25(34)32-12-19(33)11-20(32)24-29-26(35)27(5,30-24)18-8-6-17(7-9-18)23-16(4)28-13-37-23/h6-10,13-14,19-20,22,33H,11-12H2,1-5H3,(H,29,30,35)/t19-,20+,22?,27-/m1/s1. The number of nitrogens with zero attached hydrogens (tertiary/aromatic N) is 4. The number of nitrogens with one attached hydrogen (secondary N) is 1. The Morgan fingerprint density at radius 1 is 1.27 bits per heavy atom. The number of hydrogen-bond acceptors (Lipinski definition) is 8. The van der Waals surface area contributed by atoms with Crippen molar-refractivity contribution in [1.82, 2.24) is 20.4 Å². The number of aryl methyl sites for hydroxylation is 2. The van der Waals surface area contributed by atoms with Crippen LogP contribution in [0, 0.1) is 19.8 Å². The Morgan fingerprint density at radius 3 is 2.59 bits per heavy atom. The van der Waals surface area contributed by atoms with E-state index in [1.165, 1.54) is 0 Å². The third kappa shape index (κ3) is 4.48. The van der Waals surface area contributed by atoms with E-state index in [1.807, 2.05) is 57.5 Å². The minimum Gasteiger partial charge on any atom is -0.391 e. The molecule has 0 radical (unpaired) electrons. The van der Waals surface area contributed by atoms with Crippen LogP contribution in [0.25, 0.3) is 10.4 Å². The first-order valence-corrected chi connectivity index (χ1v) is 13.3. The van der Waals surface area contributed by atoms with Crippen LogP contribution in [-0.4, -0.2) is 56.5 Å². The van der Waals surface area contributed by atoms with Gasteiger partial charge < -0.3 is 19.8 Å². The largest absolute Gasteiger partial charge is 0.391 e. The Labute approximate surface area is 219 Å². The predicted octanol–water partition coefficient (Wildman–Crippen LogP) is 3.56. The van der Waals surface area contributed by atoms with E-state index in [0.717, 1.165) is 21.7 Å². The SMILES string of the molecule is Cc1cc(C(C(=O)N2C[C@H](O)C[C@H]2C2=NC(=O)[C@@](C)(c3ccc(-c4scnc4C)cc3)N2)C(C)C)on1. The molecule has 0 bridgehead atoms. The number of thiazole rings is 1. The lowest BCUT2D eigenvalue weighted by molar-refractivity contribution is -0.134. The number of likely N-dealkylation sites (tertiary alicyclic amines) is 1. The van der Waals surface area contributed by atoms with Gasteiger partial charge in [-0.3, -0.25) is 9.59 Å². The quantitative estimate of drug-likeness (QED) is 0.509. The molecule has 2 aromatic heterocycles. The van der Waals surface area contributed by atoms with Gasteiger partial charge in [-0.25, -0.2) is 4.98 Å². The molecule has 1 unspecified atom stereocenters. The average Bonchev–Trinajstić information content (AvgIpc) is 3.62. The highest BCUT2D eigenvalue weighted by Crippen LogP contribution is 2.35. The molecule has 0 spiro atoms. The summed E-state index contributed by atoms with van der Waals surface area (Å²) in [5.41, 5.74) is 4.23. The minimum absolute atomic E-state index is 0.0516. The Hall–Kier alpha value is -3.37. The Bertz CT molecular complexity index is 1360. The molecule has 0 saturated carbocycles.